The molecule has 2 aliphatic heterocycles. The van der Waals surface area contributed by atoms with Crippen LogP contribution in [-0.2, 0) is 20.8 Å². The second-order valence-electron chi connectivity index (χ2n) is 11.1. The van der Waals surface area contributed by atoms with Crippen LogP contribution in [0.1, 0.15) is 48.4 Å². The summed E-state index contributed by atoms with van der Waals surface area (Å²) in [6.07, 6.45) is 3.09. The first kappa shape index (κ1) is 28.5. The minimum absolute atomic E-state index is 0.0703. The molecule has 3 aromatic rings. The Balaban J connectivity index is 1.34. The third kappa shape index (κ3) is 6.50. The fraction of sp³-hybridized carbons (Fsp3) is 0.364. The van der Waals surface area contributed by atoms with E-state index in [1.807, 2.05) is 91.0 Å². The lowest BCUT2D eigenvalue weighted by Crippen LogP contribution is -2.59. The summed E-state index contributed by atoms with van der Waals surface area (Å²) in [5.74, 6) is -1.07. The molecule has 0 saturated carbocycles. The maximum Gasteiger partial charge on any atom is 0.246 e. The van der Waals surface area contributed by atoms with Crippen LogP contribution < -0.4 is 22.1 Å². The third-order valence-electron chi connectivity index (χ3n) is 8.46. The van der Waals surface area contributed by atoms with E-state index in [1.54, 1.807) is 4.90 Å². The SMILES string of the molecule is NC[C@H]1CC[C@H]2CC[C@@H](C(=O)NC(c3ccccc3)c3ccccc3)N2C(=O)[C@H]1NC(=O)[C@H](N)Cc1ccccc1. The number of carbonyl (C=O) groups is 3. The Morgan fingerprint density at radius 3 is 1.98 bits per heavy atom. The summed E-state index contributed by atoms with van der Waals surface area (Å²) >= 11 is 0. The van der Waals surface area contributed by atoms with E-state index >= 15 is 0 Å². The monoisotopic (exact) mass is 553 g/mol. The van der Waals surface area contributed by atoms with Gasteiger partial charge < -0.3 is 27.0 Å². The number of amides is 3. The predicted molar refractivity (Wildman–Crippen MR) is 158 cm³/mol. The molecular formula is C33H39N5O3. The second-order valence-corrected chi connectivity index (χ2v) is 11.1. The highest BCUT2D eigenvalue weighted by atomic mass is 16.2. The van der Waals surface area contributed by atoms with Gasteiger partial charge >= 0.3 is 0 Å². The van der Waals surface area contributed by atoms with Gasteiger partial charge in [0.05, 0.1) is 12.1 Å². The third-order valence-corrected chi connectivity index (χ3v) is 8.46. The number of carbonyl (C=O) groups excluding carboxylic acids is 3. The van der Waals surface area contributed by atoms with Crippen molar-refractivity contribution in [1.29, 1.82) is 0 Å². The summed E-state index contributed by atoms with van der Waals surface area (Å²) in [4.78, 5) is 42.8. The highest BCUT2D eigenvalue weighted by molar-refractivity contribution is 5.94. The van der Waals surface area contributed by atoms with Crippen molar-refractivity contribution in [3.63, 3.8) is 0 Å². The first-order valence-corrected chi connectivity index (χ1v) is 14.5. The molecule has 5 atom stereocenters. The predicted octanol–water partition coefficient (Wildman–Crippen LogP) is 2.68. The Labute approximate surface area is 241 Å². The van der Waals surface area contributed by atoms with Crippen LogP contribution in [0.25, 0.3) is 0 Å². The molecule has 6 N–H and O–H groups in total. The lowest BCUT2D eigenvalue weighted by Gasteiger charge is -2.33. The van der Waals surface area contributed by atoms with Gasteiger partial charge in [0.25, 0.3) is 0 Å². The topological polar surface area (TPSA) is 131 Å². The molecule has 2 saturated heterocycles. The van der Waals surface area contributed by atoms with Gasteiger partial charge in [-0.1, -0.05) is 91.0 Å². The molecule has 0 unspecified atom stereocenters. The minimum Gasteiger partial charge on any atom is -0.343 e. The number of nitrogens with one attached hydrogen (secondary N) is 2. The van der Waals surface area contributed by atoms with Gasteiger partial charge in [0.1, 0.15) is 12.1 Å². The van der Waals surface area contributed by atoms with Crippen molar-refractivity contribution in [2.24, 2.45) is 17.4 Å². The molecule has 8 nitrogen and oxygen atoms in total. The van der Waals surface area contributed by atoms with E-state index in [0.29, 0.717) is 19.3 Å². The summed E-state index contributed by atoms with van der Waals surface area (Å²) in [7, 11) is 0. The molecule has 2 heterocycles. The standard InChI is InChI=1S/C33H39N5O3/c34-21-25-16-17-26-18-19-28(32(40)36-29(23-12-6-2-7-13-23)24-14-8-3-9-15-24)38(26)33(41)30(25)37-31(39)27(35)20-22-10-4-1-5-11-22/h1-15,25-30H,16-21,34-35H2,(H,36,40)(H,37,39)/t25-,26+,27-,28+,30+/m1/s1. The maximum absolute atomic E-state index is 14.1. The highest BCUT2D eigenvalue weighted by Gasteiger charge is 2.47. The van der Waals surface area contributed by atoms with Crippen LogP contribution in [0.5, 0.6) is 0 Å². The second kappa shape index (κ2) is 13.1. The van der Waals surface area contributed by atoms with E-state index in [1.165, 1.54) is 0 Å². The van der Waals surface area contributed by atoms with Crippen LogP contribution in [0, 0.1) is 5.92 Å². The van der Waals surface area contributed by atoms with Gasteiger partial charge in [0, 0.05) is 12.0 Å². The molecule has 3 aromatic carbocycles. The van der Waals surface area contributed by atoms with Crippen molar-refractivity contribution in [1.82, 2.24) is 15.5 Å². The lowest BCUT2D eigenvalue weighted by molar-refractivity contribution is -0.143. The molecule has 2 fully saturated rings. The van der Waals surface area contributed by atoms with Crippen molar-refractivity contribution in [2.75, 3.05) is 6.54 Å². The van der Waals surface area contributed by atoms with Crippen LogP contribution in [-0.4, -0.2) is 53.3 Å². The summed E-state index contributed by atoms with van der Waals surface area (Å²) in [6, 6.07) is 26.5. The zero-order chi connectivity index (χ0) is 28.8. The number of hydrogen-bond acceptors (Lipinski definition) is 5. The Morgan fingerprint density at radius 2 is 1.39 bits per heavy atom. The van der Waals surface area contributed by atoms with Gasteiger partial charge in [0.2, 0.25) is 17.7 Å². The first-order valence-electron chi connectivity index (χ1n) is 14.5. The van der Waals surface area contributed by atoms with E-state index in [4.69, 9.17) is 11.5 Å². The van der Waals surface area contributed by atoms with Gasteiger partial charge in [-0.15, -0.1) is 0 Å². The van der Waals surface area contributed by atoms with E-state index in [9.17, 15) is 14.4 Å². The fourth-order valence-corrected chi connectivity index (χ4v) is 6.24. The molecule has 0 spiro atoms. The molecule has 0 radical (unpaired) electrons. The Kier molecular flexibility index (Phi) is 9.11. The van der Waals surface area contributed by atoms with E-state index in [2.05, 4.69) is 10.6 Å². The van der Waals surface area contributed by atoms with Crippen LogP contribution in [0.15, 0.2) is 91.0 Å². The van der Waals surface area contributed by atoms with Crippen molar-refractivity contribution in [3.8, 4) is 0 Å². The average Bonchev–Trinajstić information content (AvgIpc) is 3.39. The molecule has 0 bridgehead atoms. The molecule has 41 heavy (non-hydrogen) atoms. The van der Waals surface area contributed by atoms with E-state index in [-0.39, 0.29) is 36.4 Å². The zero-order valence-corrected chi connectivity index (χ0v) is 23.2. The molecule has 2 aliphatic rings. The van der Waals surface area contributed by atoms with Crippen molar-refractivity contribution in [3.05, 3.63) is 108 Å². The number of hydrogen-bond donors (Lipinski definition) is 4. The average molecular weight is 554 g/mol. The summed E-state index contributed by atoms with van der Waals surface area (Å²) in [5.41, 5.74) is 15.2. The fourth-order valence-electron chi connectivity index (χ4n) is 6.24. The highest BCUT2D eigenvalue weighted by Crippen LogP contribution is 2.34. The Hall–Kier alpha value is -4.01. The van der Waals surface area contributed by atoms with Crippen LogP contribution in [0.4, 0.5) is 0 Å². The number of nitrogens with zero attached hydrogens (tertiary/aromatic N) is 1. The van der Waals surface area contributed by atoms with Crippen molar-refractivity contribution < 1.29 is 14.4 Å². The number of benzene rings is 3. The zero-order valence-electron chi connectivity index (χ0n) is 23.2. The lowest BCUT2D eigenvalue weighted by atomic mass is 9.93. The number of nitrogens with two attached hydrogens (primary N) is 2. The van der Waals surface area contributed by atoms with Gasteiger partial charge in [0.15, 0.2) is 0 Å². The number of fused-ring (bicyclic) bond motifs is 1. The van der Waals surface area contributed by atoms with Crippen molar-refractivity contribution >= 4 is 17.7 Å². The van der Waals surface area contributed by atoms with Crippen LogP contribution in [0.2, 0.25) is 0 Å². The minimum atomic E-state index is -0.827. The normalized spacial score (nSPS) is 23.0. The molecule has 3 amide bonds. The molecule has 8 heteroatoms. The Morgan fingerprint density at radius 1 is 0.829 bits per heavy atom. The van der Waals surface area contributed by atoms with Gasteiger partial charge in [-0.2, -0.15) is 0 Å². The molecule has 0 aliphatic carbocycles. The van der Waals surface area contributed by atoms with Crippen molar-refractivity contribution in [2.45, 2.75) is 62.3 Å². The quantitative estimate of drug-likeness (QED) is 0.324. The van der Waals surface area contributed by atoms with Gasteiger partial charge in [-0.25, -0.2) is 0 Å². The molecular weight excluding hydrogens is 514 g/mol. The summed E-state index contributed by atoms with van der Waals surface area (Å²) in [6.45, 7) is 0.256. The van der Waals surface area contributed by atoms with Crippen LogP contribution >= 0.6 is 0 Å². The van der Waals surface area contributed by atoms with E-state index < -0.39 is 24.0 Å². The summed E-state index contributed by atoms with van der Waals surface area (Å²) in [5, 5.41) is 6.15. The molecule has 214 valence electrons. The molecule has 5 rings (SSSR count). The largest absolute Gasteiger partial charge is 0.343 e. The maximum atomic E-state index is 14.1. The van der Waals surface area contributed by atoms with Gasteiger partial charge in [-0.05, 0) is 55.3 Å². The molecule has 0 aromatic heterocycles. The Bertz CT molecular complexity index is 1280. The first-order chi connectivity index (χ1) is 20.0. The smallest absolute Gasteiger partial charge is 0.246 e. The van der Waals surface area contributed by atoms with Crippen LogP contribution in [0.3, 0.4) is 0 Å². The number of rotatable bonds is 9. The van der Waals surface area contributed by atoms with E-state index in [0.717, 1.165) is 29.5 Å². The van der Waals surface area contributed by atoms with Gasteiger partial charge in [-0.3, -0.25) is 14.4 Å². The summed E-state index contributed by atoms with van der Waals surface area (Å²) < 4.78 is 0.